The van der Waals surface area contributed by atoms with Gasteiger partial charge in [-0.05, 0) is 49.7 Å². The van der Waals surface area contributed by atoms with Gasteiger partial charge in [-0.15, -0.1) is 0 Å². The summed E-state index contributed by atoms with van der Waals surface area (Å²) in [5.74, 6) is 1.44. The van der Waals surface area contributed by atoms with Crippen molar-refractivity contribution in [3.63, 3.8) is 0 Å². The third-order valence-corrected chi connectivity index (χ3v) is 4.10. The second-order valence-corrected chi connectivity index (χ2v) is 5.76. The molecule has 2 aliphatic rings. The monoisotopic (exact) mass is 265 g/mol. The van der Waals surface area contributed by atoms with E-state index in [0.29, 0.717) is 22.5 Å². The molecule has 2 aliphatic carbocycles. The van der Waals surface area contributed by atoms with Gasteiger partial charge in [0.15, 0.2) is 0 Å². The van der Waals surface area contributed by atoms with Crippen LogP contribution >= 0.6 is 11.6 Å². The molecule has 1 aromatic rings. The smallest absolute Gasteiger partial charge is 0.228 e. The van der Waals surface area contributed by atoms with Crippen molar-refractivity contribution < 1.29 is 9.90 Å². The lowest BCUT2D eigenvalue weighted by molar-refractivity contribution is -0.121. The highest BCUT2D eigenvalue weighted by molar-refractivity contribution is 6.32. The number of halogens is 1. The molecule has 0 bridgehead atoms. The average molecular weight is 266 g/mol. The number of aromatic hydroxyl groups is 1. The number of phenols is 1. The van der Waals surface area contributed by atoms with Crippen LogP contribution in [0, 0.1) is 17.8 Å². The van der Waals surface area contributed by atoms with E-state index < -0.39 is 0 Å². The van der Waals surface area contributed by atoms with E-state index in [9.17, 15) is 9.90 Å². The van der Waals surface area contributed by atoms with Crippen LogP contribution in [0.15, 0.2) is 18.2 Å². The zero-order valence-electron chi connectivity index (χ0n) is 10.0. The van der Waals surface area contributed by atoms with Gasteiger partial charge in [-0.2, -0.15) is 0 Å². The standard InChI is InChI=1S/C14H16ClNO2/c15-11-6-5-10(7-12(11)17)16-14(18)13(8-1-2-8)9-3-4-9/h5-9,13,17H,1-4H2,(H,16,18). The van der Waals surface area contributed by atoms with Crippen molar-refractivity contribution in [2.45, 2.75) is 25.7 Å². The lowest BCUT2D eigenvalue weighted by atomic mass is 9.97. The number of anilines is 1. The van der Waals surface area contributed by atoms with E-state index in [4.69, 9.17) is 11.6 Å². The van der Waals surface area contributed by atoms with Crippen LogP contribution in [0.5, 0.6) is 5.75 Å². The van der Waals surface area contributed by atoms with Crippen molar-refractivity contribution >= 4 is 23.2 Å². The first-order chi connectivity index (χ1) is 8.65. The molecule has 1 aromatic carbocycles. The SMILES string of the molecule is O=C(Nc1ccc(Cl)c(O)c1)C(C1CC1)C1CC1. The normalized spacial score (nSPS) is 19.0. The summed E-state index contributed by atoms with van der Waals surface area (Å²) in [5.41, 5.74) is 0.619. The molecule has 3 nitrogen and oxygen atoms in total. The number of nitrogens with one attached hydrogen (secondary N) is 1. The van der Waals surface area contributed by atoms with Crippen molar-refractivity contribution in [1.29, 1.82) is 0 Å². The van der Waals surface area contributed by atoms with E-state index >= 15 is 0 Å². The zero-order chi connectivity index (χ0) is 12.7. The summed E-state index contributed by atoms with van der Waals surface area (Å²) in [7, 11) is 0. The first kappa shape index (κ1) is 11.8. The Bertz CT molecular complexity index is 469. The van der Waals surface area contributed by atoms with Gasteiger partial charge < -0.3 is 10.4 Å². The second kappa shape index (κ2) is 4.47. The molecular formula is C14H16ClNO2. The first-order valence-electron chi connectivity index (χ1n) is 6.44. The summed E-state index contributed by atoms with van der Waals surface area (Å²) >= 11 is 5.74. The number of phenolic OH excluding ortho intramolecular Hbond substituents is 1. The summed E-state index contributed by atoms with van der Waals surface area (Å²) < 4.78 is 0. The molecule has 0 unspecified atom stereocenters. The number of hydrogen-bond donors (Lipinski definition) is 2. The maximum absolute atomic E-state index is 12.2. The minimum Gasteiger partial charge on any atom is -0.506 e. The molecule has 96 valence electrons. The highest BCUT2D eigenvalue weighted by Crippen LogP contribution is 2.49. The predicted octanol–water partition coefficient (Wildman–Crippen LogP) is 3.42. The zero-order valence-corrected chi connectivity index (χ0v) is 10.8. The Hall–Kier alpha value is -1.22. The minimum absolute atomic E-state index is 0.00357. The van der Waals surface area contributed by atoms with Gasteiger partial charge >= 0.3 is 0 Å². The van der Waals surface area contributed by atoms with Crippen LogP contribution in [-0.2, 0) is 4.79 Å². The molecule has 2 fully saturated rings. The van der Waals surface area contributed by atoms with Gasteiger partial charge in [0.2, 0.25) is 5.91 Å². The van der Waals surface area contributed by atoms with E-state index in [1.807, 2.05) is 0 Å². The molecule has 2 saturated carbocycles. The van der Waals surface area contributed by atoms with Crippen LogP contribution < -0.4 is 5.32 Å². The van der Waals surface area contributed by atoms with Gasteiger partial charge in [-0.3, -0.25) is 4.79 Å². The first-order valence-corrected chi connectivity index (χ1v) is 6.82. The molecule has 0 spiro atoms. The lowest BCUT2D eigenvalue weighted by Gasteiger charge is -2.15. The Morgan fingerprint density at radius 1 is 1.28 bits per heavy atom. The summed E-state index contributed by atoms with van der Waals surface area (Å²) in [5, 5.41) is 12.7. The molecule has 0 atom stereocenters. The molecule has 2 N–H and O–H groups in total. The van der Waals surface area contributed by atoms with Crippen molar-refractivity contribution in [1.82, 2.24) is 0 Å². The van der Waals surface area contributed by atoms with E-state index in [0.717, 1.165) is 0 Å². The van der Waals surface area contributed by atoms with Crippen molar-refractivity contribution in [3.05, 3.63) is 23.2 Å². The van der Waals surface area contributed by atoms with Gasteiger partial charge in [0.1, 0.15) is 5.75 Å². The third-order valence-electron chi connectivity index (χ3n) is 3.78. The molecule has 0 radical (unpaired) electrons. The fraction of sp³-hybridized carbons (Fsp3) is 0.500. The van der Waals surface area contributed by atoms with Crippen LogP contribution in [-0.4, -0.2) is 11.0 Å². The Balaban J connectivity index is 1.70. The van der Waals surface area contributed by atoms with Gasteiger partial charge in [0.25, 0.3) is 0 Å². The van der Waals surface area contributed by atoms with Gasteiger partial charge in [0.05, 0.1) is 5.02 Å². The van der Waals surface area contributed by atoms with Crippen LogP contribution in [0.1, 0.15) is 25.7 Å². The molecule has 0 heterocycles. The molecule has 3 rings (SSSR count). The number of hydrogen-bond acceptors (Lipinski definition) is 2. The molecule has 0 aromatic heterocycles. The van der Waals surface area contributed by atoms with Crippen LogP contribution in [0.4, 0.5) is 5.69 Å². The molecule has 4 heteroatoms. The Labute approximate surface area is 111 Å². The molecule has 18 heavy (non-hydrogen) atoms. The minimum atomic E-state index is 0.00357. The molecular weight excluding hydrogens is 250 g/mol. The van der Waals surface area contributed by atoms with Gasteiger partial charge in [-0.25, -0.2) is 0 Å². The predicted molar refractivity (Wildman–Crippen MR) is 70.7 cm³/mol. The molecule has 0 aliphatic heterocycles. The number of rotatable bonds is 4. The molecule has 0 saturated heterocycles. The topological polar surface area (TPSA) is 49.3 Å². The van der Waals surface area contributed by atoms with Crippen LogP contribution in [0.3, 0.4) is 0 Å². The van der Waals surface area contributed by atoms with Crippen molar-refractivity contribution in [2.24, 2.45) is 17.8 Å². The van der Waals surface area contributed by atoms with Crippen LogP contribution in [0.25, 0.3) is 0 Å². The average Bonchev–Trinajstić information content (AvgIpc) is 3.17. The van der Waals surface area contributed by atoms with E-state index in [1.165, 1.54) is 31.7 Å². The van der Waals surface area contributed by atoms with Gasteiger partial charge in [0, 0.05) is 17.7 Å². The van der Waals surface area contributed by atoms with E-state index in [-0.39, 0.29) is 17.6 Å². The largest absolute Gasteiger partial charge is 0.506 e. The Morgan fingerprint density at radius 3 is 2.39 bits per heavy atom. The highest BCUT2D eigenvalue weighted by Gasteiger charge is 2.45. The van der Waals surface area contributed by atoms with Crippen molar-refractivity contribution in [2.75, 3.05) is 5.32 Å². The number of carbonyl (C=O) groups is 1. The Kier molecular flexibility index (Phi) is 2.94. The lowest BCUT2D eigenvalue weighted by Crippen LogP contribution is -2.26. The van der Waals surface area contributed by atoms with E-state index in [1.54, 1.807) is 12.1 Å². The molecule has 1 amide bonds. The van der Waals surface area contributed by atoms with Crippen molar-refractivity contribution in [3.8, 4) is 5.75 Å². The summed E-state index contributed by atoms with van der Waals surface area (Å²) in [4.78, 5) is 12.2. The quantitative estimate of drug-likeness (QED) is 0.876. The fourth-order valence-electron chi connectivity index (χ4n) is 2.54. The second-order valence-electron chi connectivity index (χ2n) is 5.36. The maximum atomic E-state index is 12.2. The van der Waals surface area contributed by atoms with Crippen LogP contribution in [0.2, 0.25) is 5.02 Å². The van der Waals surface area contributed by atoms with Gasteiger partial charge in [-0.1, -0.05) is 11.6 Å². The Morgan fingerprint density at radius 2 is 1.89 bits per heavy atom. The number of amides is 1. The maximum Gasteiger partial charge on any atom is 0.228 e. The number of benzene rings is 1. The highest BCUT2D eigenvalue weighted by atomic mass is 35.5. The number of carbonyl (C=O) groups excluding carboxylic acids is 1. The summed E-state index contributed by atoms with van der Waals surface area (Å²) in [6.07, 6.45) is 4.72. The third kappa shape index (κ3) is 2.46. The fourth-order valence-corrected chi connectivity index (χ4v) is 2.66. The summed E-state index contributed by atoms with van der Waals surface area (Å²) in [6.45, 7) is 0. The summed E-state index contributed by atoms with van der Waals surface area (Å²) in [6, 6.07) is 4.81. The van der Waals surface area contributed by atoms with E-state index in [2.05, 4.69) is 5.32 Å².